The zero-order valence-corrected chi connectivity index (χ0v) is 13.6. The summed E-state index contributed by atoms with van der Waals surface area (Å²) in [5, 5.41) is 4.72. The highest BCUT2D eigenvalue weighted by Crippen LogP contribution is 2.28. The first-order valence-electron chi connectivity index (χ1n) is 7.58. The largest absolute Gasteiger partial charge is 0.412 e. The summed E-state index contributed by atoms with van der Waals surface area (Å²) in [7, 11) is 4.17. The molecular formula is C19H23N3O. The van der Waals surface area contributed by atoms with Gasteiger partial charge in [0.15, 0.2) is 0 Å². The molecule has 2 aromatic carbocycles. The third-order valence-electron chi connectivity index (χ3n) is 3.66. The van der Waals surface area contributed by atoms with Crippen molar-refractivity contribution < 1.29 is 5.48 Å². The number of fused-ring (bicyclic) bond motifs is 1. The fourth-order valence-corrected chi connectivity index (χ4v) is 2.49. The molecule has 0 spiro atoms. The Morgan fingerprint density at radius 2 is 1.65 bits per heavy atom. The zero-order chi connectivity index (χ0) is 15.4. The number of hydrogen-bond acceptors (Lipinski definition) is 3. The molecule has 4 heteroatoms. The average molecular weight is 309 g/mol. The Morgan fingerprint density at radius 3 is 2.39 bits per heavy atom. The van der Waals surface area contributed by atoms with E-state index in [9.17, 15) is 0 Å². The van der Waals surface area contributed by atoms with Crippen LogP contribution in [-0.4, -0.2) is 42.5 Å². The van der Waals surface area contributed by atoms with Gasteiger partial charge < -0.3 is 15.7 Å². The van der Waals surface area contributed by atoms with Gasteiger partial charge in [-0.15, -0.1) is 0 Å². The summed E-state index contributed by atoms with van der Waals surface area (Å²) in [6.45, 7) is 1.91. The summed E-state index contributed by atoms with van der Waals surface area (Å²) >= 11 is 0. The minimum Gasteiger partial charge on any atom is -0.412 e. The van der Waals surface area contributed by atoms with E-state index in [0.717, 1.165) is 35.6 Å². The number of benzene rings is 2. The van der Waals surface area contributed by atoms with Gasteiger partial charge in [-0.1, -0.05) is 48.5 Å². The smallest absolute Gasteiger partial charge is 0.0730 e. The predicted octanol–water partition coefficient (Wildman–Crippen LogP) is 3.05. The van der Waals surface area contributed by atoms with Gasteiger partial charge in [0.05, 0.1) is 11.2 Å². The molecule has 23 heavy (non-hydrogen) atoms. The topological polar surface area (TPSA) is 59.7 Å². The summed E-state index contributed by atoms with van der Waals surface area (Å²) < 4.78 is 0. The highest BCUT2D eigenvalue weighted by atomic mass is 16.0. The lowest BCUT2D eigenvalue weighted by molar-refractivity contribution is 0.425. The Balaban J connectivity index is 0.00000192. The molecule has 0 radical (unpaired) electrons. The summed E-state index contributed by atoms with van der Waals surface area (Å²) in [6.07, 6.45) is 0. The molecule has 0 aliphatic heterocycles. The minimum atomic E-state index is 0. The van der Waals surface area contributed by atoms with Gasteiger partial charge in [0.25, 0.3) is 0 Å². The number of nitrogens with one attached hydrogen (secondary N) is 1. The molecule has 1 aromatic heterocycles. The number of nitrogens with zero attached hydrogens (tertiary/aromatic N) is 2. The number of aromatic nitrogens is 1. The molecule has 3 rings (SSSR count). The Bertz CT molecular complexity index is 757. The van der Waals surface area contributed by atoms with Crippen molar-refractivity contribution in [2.24, 2.45) is 0 Å². The molecule has 0 aliphatic rings. The number of rotatable bonds is 5. The van der Waals surface area contributed by atoms with Crippen LogP contribution in [0.15, 0.2) is 60.7 Å². The second-order valence-corrected chi connectivity index (χ2v) is 5.67. The molecule has 1 heterocycles. The van der Waals surface area contributed by atoms with E-state index in [0.29, 0.717) is 0 Å². The van der Waals surface area contributed by atoms with Crippen LogP contribution in [0.5, 0.6) is 0 Å². The van der Waals surface area contributed by atoms with Crippen LogP contribution < -0.4 is 5.32 Å². The molecule has 120 valence electrons. The minimum absolute atomic E-state index is 0. The Morgan fingerprint density at radius 1 is 0.957 bits per heavy atom. The Hall–Kier alpha value is -2.43. The van der Waals surface area contributed by atoms with E-state index in [1.807, 2.05) is 24.3 Å². The fourth-order valence-electron chi connectivity index (χ4n) is 2.49. The molecule has 0 saturated heterocycles. The average Bonchev–Trinajstić information content (AvgIpc) is 2.55. The number of pyridine rings is 1. The van der Waals surface area contributed by atoms with Crippen LogP contribution in [0.1, 0.15) is 0 Å². The number of hydrogen-bond donors (Lipinski definition) is 1. The predicted molar refractivity (Wildman–Crippen MR) is 97.8 cm³/mol. The summed E-state index contributed by atoms with van der Waals surface area (Å²) in [5.41, 5.74) is 4.32. The first kappa shape index (κ1) is 16.9. The van der Waals surface area contributed by atoms with Crippen LogP contribution in [-0.2, 0) is 0 Å². The summed E-state index contributed by atoms with van der Waals surface area (Å²) in [6, 6.07) is 20.7. The second kappa shape index (κ2) is 7.72. The van der Waals surface area contributed by atoms with E-state index in [2.05, 4.69) is 60.7 Å². The third-order valence-corrected chi connectivity index (χ3v) is 3.66. The maximum Gasteiger partial charge on any atom is 0.0730 e. The lowest BCUT2D eigenvalue weighted by Crippen LogP contribution is -2.20. The van der Waals surface area contributed by atoms with Gasteiger partial charge in [0.1, 0.15) is 0 Å². The molecule has 0 bridgehead atoms. The first-order chi connectivity index (χ1) is 10.7. The van der Waals surface area contributed by atoms with Gasteiger partial charge in [-0.2, -0.15) is 0 Å². The monoisotopic (exact) mass is 309 g/mol. The standard InChI is InChI=1S/C19H21N3.H2O/c1-22(2)13-12-20-19-14-18(15-8-4-3-5-9-15)21-17-11-7-6-10-16(17)19;/h3-11,14H,12-13H2,1-2H3,(H,20,21);1H2. The van der Waals surface area contributed by atoms with Crippen molar-refractivity contribution in [3.63, 3.8) is 0 Å². The SMILES string of the molecule is CN(C)CCNc1cc(-c2ccccc2)nc2ccccc12.O. The van der Waals surface area contributed by atoms with Crippen molar-refractivity contribution in [1.29, 1.82) is 0 Å². The summed E-state index contributed by atoms with van der Waals surface area (Å²) in [5.74, 6) is 0. The molecule has 0 saturated carbocycles. The highest BCUT2D eigenvalue weighted by Gasteiger charge is 2.07. The zero-order valence-electron chi connectivity index (χ0n) is 13.6. The van der Waals surface area contributed by atoms with Crippen molar-refractivity contribution in [3.05, 3.63) is 60.7 Å². The molecule has 3 aromatic rings. The Labute approximate surface area is 137 Å². The first-order valence-corrected chi connectivity index (χ1v) is 7.58. The maximum absolute atomic E-state index is 4.80. The normalized spacial score (nSPS) is 10.6. The van der Waals surface area contributed by atoms with E-state index < -0.39 is 0 Å². The van der Waals surface area contributed by atoms with Crippen LogP contribution in [0.4, 0.5) is 5.69 Å². The summed E-state index contributed by atoms with van der Waals surface area (Å²) in [4.78, 5) is 6.97. The second-order valence-electron chi connectivity index (χ2n) is 5.67. The van der Waals surface area contributed by atoms with Crippen LogP contribution >= 0.6 is 0 Å². The molecule has 0 fully saturated rings. The van der Waals surface area contributed by atoms with Crippen LogP contribution in [0.25, 0.3) is 22.2 Å². The van der Waals surface area contributed by atoms with Crippen molar-refractivity contribution in [2.45, 2.75) is 0 Å². The molecule has 0 amide bonds. The van der Waals surface area contributed by atoms with Gasteiger partial charge in [-0.05, 0) is 26.2 Å². The number of anilines is 1. The van der Waals surface area contributed by atoms with Crippen molar-refractivity contribution in [1.82, 2.24) is 9.88 Å². The molecular weight excluding hydrogens is 286 g/mol. The number of para-hydroxylation sites is 1. The highest BCUT2D eigenvalue weighted by molar-refractivity contribution is 5.93. The molecule has 0 aliphatic carbocycles. The lowest BCUT2D eigenvalue weighted by Gasteiger charge is -2.14. The molecule has 4 nitrogen and oxygen atoms in total. The third kappa shape index (κ3) is 4.06. The van der Waals surface area contributed by atoms with E-state index in [1.54, 1.807) is 0 Å². The van der Waals surface area contributed by atoms with Crippen molar-refractivity contribution in [3.8, 4) is 11.3 Å². The Kier molecular flexibility index (Phi) is 5.68. The fraction of sp³-hybridized carbons (Fsp3) is 0.211. The van der Waals surface area contributed by atoms with Crippen LogP contribution in [0.2, 0.25) is 0 Å². The van der Waals surface area contributed by atoms with Gasteiger partial charge >= 0.3 is 0 Å². The van der Waals surface area contributed by atoms with E-state index >= 15 is 0 Å². The maximum atomic E-state index is 4.80. The van der Waals surface area contributed by atoms with E-state index in [4.69, 9.17) is 4.98 Å². The number of likely N-dealkylation sites (N-methyl/N-ethyl adjacent to an activating group) is 1. The van der Waals surface area contributed by atoms with E-state index in [1.165, 1.54) is 5.39 Å². The van der Waals surface area contributed by atoms with Gasteiger partial charge in [-0.3, -0.25) is 0 Å². The van der Waals surface area contributed by atoms with Crippen molar-refractivity contribution >= 4 is 16.6 Å². The molecule has 3 N–H and O–H groups in total. The van der Waals surface area contributed by atoms with E-state index in [-0.39, 0.29) is 5.48 Å². The van der Waals surface area contributed by atoms with Gasteiger partial charge in [0, 0.05) is 29.7 Å². The van der Waals surface area contributed by atoms with Crippen LogP contribution in [0, 0.1) is 0 Å². The van der Waals surface area contributed by atoms with Crippen LogP contribution in [0.3, 0.4) is 0 Å². The molecule has 0 atom stereocenters. The lowest BCUT2D eigenvalue weighted by atomic mass is 10.1. The van der Waals surface area contributed by atoms with Gasteiger partial charge in [-0.25, -0.2) is 4.98 Å². The molecule has 0 unspecified atom stereocenters. The van der Waals surface area contributed by atoms with Gasteiger partial charge in [0.2, 0.25) is 0 Å². The quantitative estimate of drug-likeness (QED) is 0.788. The van der Waals surface area contributed by atoms with Crippen molar-refractivity contribution in [2.75, 3.05) is 32.5 Å².